The van der Waals surface area contributed by atoms with Crippen LogP contribution in [0.25, 0.3) is 10.8 Å². The van der Waals surface area contributed by atoms with Crippen molar-refractivity contribution in [2.45, 2.75) is 26.7 Å². The number of fused-ring (bicyclic) bond motifs is 1. The molecule has 78 valence electrons. The first kappa shape index (κ1) is 9.97. The minimum absolute atomic E-state index is 0.0166. The number of hydrogen-bond acceptors (Lipinski definition) is 1. The van der Waals surface area contributed by atoms with Gasteiger partial charge in [0, 0.05) is 11.1 Å². The van der Waals surface area contributed by atoms with Crippen LogP contribution in [0.3, 0.4) is 0 Å². The van der Waals surface area contributed by atoms with Crippen LogP contribution >= 0.6 is 0 Å². The number of nitrogens with one attached hydrogen (secondary N) is 1. The topological polar surface area (TPSA) is 32.9 Å². The van der Waals surface area contributed by atoms with E-state index in [9.17, 15) is 4.79 Å². The lowest BCUT2D eigenvalue weighted by Crippen LogP contribution is -2.07. The Labute approximate surface area is 89.0 Å². The standard InChI is InChI=1S/C13H15NO/c1-3-4-10-5-6-11-7-9(2)14-13(15)12(11)8-10/h5-8H,3-4H2,1-2H3,(H,14,15). The van der Waals surface area contributed by atoms with Crippen molar-refractivity contribution in [3.8, 4) is 0 Å². The van der Waals surface area contributed by atoms with Gasteiger partial charge in [-0.05, 0) is 36.4 Å². The fourth-order valence-corrected chi connectivity index (χ4v) is 1.89. The van der Waals surface area contributed by atoms with Gasteiger partial charge in [0.15, 0.2) is 0 Å². The molecular weight excluding hydrogens is 186 g/mol. The van der Waals surface area contributed by atoms with Crippen LogP contribution in [-0.4, -0.2) is 4.98 Å². The molecule has 1 N–H and O–H groups in total. The van der Waals surface area contributed by atoms with E-state index in [1.165, 1.54) is 5.56 Å². The van der Waals surface area contributed by atoms with Crippen molar-refractivity contribution in [3.63, 3.8) is 0 Å². The van der Waals surface area contributed by atoms with Gasteiger partial charge in [-0.15, -0.1) is 0 Å². The van der Waals surface area contributed by atoms with E-state index in [1.54, 1.807) is 0 Å². The summed E-state index contributed by atoms with van der Waals surface area (Å²) in [6.07, 6.45) is 2.14. The highest BCUT2D eigenvalue weighted by Crippen LogP contribution is 2.14. The largest absolute Gasteiger partial charge is 0.326 e. The van der Waals surface area contributed by atoms with Crippen molar-refractivity contribution in [1.82, 2.24) is 4.98 Å². The molecule has 1 aromatic heterocycles. The second kappa shape index (κ2) is 3.89. The second-order valence-corrected chi connectivity index (χ2v) is 3.95. The maximum absolute atomic E-state index is 11.7. The number of H-pyrrole nitrogens is 1. The summed E-state index contributed by atoms with van der Waals surface area (Å²) in [4.78, 5) is 14.5. The smallest absolute Gasteiger partial charge is 0.256 e. The summed E-state index contributed by atoms with van der Waals surface area (Å²) in [6.45, 7) is 4.05. The number of rotatable bonds is 2. The summed E-state index contributed by atoms with van der Waals surface area (Å²) in [5.74, 6) is 0. The minimum atomic E-state index is 0.0166. The first-order chi connectivity index (χ1) is 7.20. The molecule has 2 heteroatoms. The zero-order chi connectivity index (χ0) is 10.8. The second-order valence-electron chi connectivity index (χ2n) is 3.95. The van der Waals surface area contributed by atoms with Gasteiger partial charge in [0.1, 0.15) is 0 Å². The van der Waals surface area contributed by atoms with Crippen LogP contribution in [-0.2, 0) is 6.42 Å². The Morgan fingerprint density at radius 1 is 1.27 bits per heavy atom. The third-order valence-corrected chi connectivity index (χ3v) is 2.58. The predicted octanol–water partition coefficient (Wildman–Crippen LogP) is 2.79. The van der Waals surface area contributed by atoms with E-state index in [1.807, 2.05) is 25.1 Å². The molecule has 0 saturated heterocycles. The summed E-state index contributed by atoms with van der Waals surface area (Å²) in [7, 11) is 0. The van der Waals surface area contributed by atoms with Crippen molar-refractivity contribution >= 4 is 10.8 Å². The van der Waals surface area contributed by atoms with E-state index in [0.29, 0.717) is 0 Å². The Morgan fingerprint density at radius 2 is 2.07 bits per heavy atom. The average molecular weight is 201 g/mol. The Kier molecular flexibility index (Phi) is 2.58. The third-order valence-electron chi connectivity index (χ3n) is 2.58. The van der Waals surface area contributed by atoms with E-state index in [4.69, 9.17) is 0 Å². The molecule has 0 aliphatic carbocycles. The highest BCUT2D eigenvalue weighted by Gasteiger charge is 2.00. The van der Waals surface area contributed by atoms with Gasteiger partial charge in [-0.25, -0.2) is 0 Å². The molecule has 15 heavy (non-hydrogen) atoms. The van der Waals surface area contributed by atoms with E-state index >= 15 is 0 Å². The zero-order valence-corrected chi connectivity index (χ0v) is 9.13. The molecule has 0 bridgehead atoms. The van der Waals surface area contributed by atoms with Gasteiger partial charge in [0.05, 0.1) is 0 Å². The summed E-state index contributed by atoms with van der Waals surface area (Å²) < 4.78 is 0. The SMILES string of the molecule is CCCc1ccc2cc(C)[nH]c(=O)c2c1. The minimum Gasteiger partial charge on any atom is -0.326 e. The van der Waals surface area contributed by atoms with Crippen LogP contribution in [0.2, 0.25) is 0 Å². The van der Waals surface area contributed by atoms with Gasteiger partial charge in [-0.1, -0.05) is 25.5 Å². The third kappa shape index (κ3) is 1.94. The van der Waals surface area contributed by atoms with Crippen molar-refractivity contribution in [2.24, 2.45) is 0 Å². The molecule has 0 aliphatic rings. The van der Waals surface area contributed by atoms with Crippen LogP contribution in [0.4, 0.5) is 0 Å². The van der Waals surface area contributed by atoms with E-state index < -0.39 is 0 Å². The molecule has 1 aromatic carbocycles. The normalized spacial score (nSPS) is 10.8. The van der Waals surface area contributed by atoms with Crippen molar-refractivity contribution in [2.75, 3.05) is 0 Å². The number of aromatic amines is 1. The molecule has 2 nitrogen and oxygen atoms in total. The summed E-state index contributed by atoms with van der Waals surface area (Å²) in [6, 6.07) is 8.14. The molecule has 2 rings (SSSR count). The Hall–Kier alpha value is -1.57. The Bertz CT molecular complexity index is 540. The number of pyridine rings is 1. The summed E-state index contributed by atoms with van der Waals surface area (Å²) in [5.41, 5.74) is 2.16. The van der Waals surface area contributed by atoms with Gasteiger partial charge in [0.2, 0.25) is 0 Å². The zero-order valence-electron chi connectivity index (χ0n) is 9.13. The first-order valence-corrected chi connectivity index (χ1v) is 5.33. The fraction of sp³-hybridized carbons (Fsp3) is 0.308. The molecule has 0 atom stereocenters. The van der Waals surface area contributed by atoms with E-state index in [-0.39, 0.29) is 5.56 Å². The highest BCUT2D eigenvalue weighted by molar-refractivity contribution is 5.82. The number of aromatic nitrogens is 1. The number of benzene rings is 1. The summed E-state index contributed by atoms with van der Waals surface area (Å²) in [5, 5.41) is 1.82. The molecule has 1 heterocycles. The van der Waals surface area contributed by atoms with Gasteiger partial charge in [-0.3, -0.25) is 4.79 Å². The molecule has 0 fully saturated rings. The maximum Gasteiger partial charge on any atom is 0.256 e. The molecule has 0 saturated carbocycles. The number of aryl methyl sites for hydroxylation is 2. The molecule has 0 spiro atoms. The van der Waals surface area contributed by atoms with Crippen LogP contribution in [0, 0.1) is 6.92 Å². The molecule has 0 aliphatic heterocycles. The van der Waals surface area contributed by atoms with E-state index in [2.05, 4.69) is 18.0 Å². The van der Waals surface area contributed by atoms with Gasteiger partial charge >= 0.3 is 0 Å². The van der Waals surface area contributed by atoms with E-state index in [0.717, 1.165) is 29.3 Å². The molecule has 0 unspecified atom stereocenters. The average Bonchev–Trinajstić information content (AvgIpc) is 2.19. The highest BCUT2D eigenvalue weighted by atomic mass is 16.1. The summed E-state index contributed by atoms with van der Waals surface area (Å²) >= 11 is 0. The quantitative estimate of drug-likeness (QED) is 0.796. The van der Waals surface area contributed by atoms with Crippen molar-refractivity contribution in [1.29, 1.82) is 0 Å². The molecule has 2 aromatic rings. The molecular formula is C13H15NO. The predicted molar refractivity (Wildman–Crippen MR) is 63.3 cm³/mol. The lowest BCUT2D eigenvalue weighted by molar-refractivity contribution is 0.923. The monoisotopic (exact) mass is 201 g/mol. The molecule has 0 radical (unpaired) electrons. The Morgan fingerprint density at radius 3 is 2.80 bits per heavy atom. The lowest BCUT2D eigenvalue weighted by Gasteiger charge is -2.02. The number of hydrogen-bond donors (Lipinski definition) is 1. The van der Waals surface area contributed by atoms with Crippen LogP contribution in [0.5, 0.6) is 0 Å². The van der Waals surface area contributed by atoms with Gasteiger partial charge in [0.25, 0.3) is 5.56 Å². The van der Waals surface area contributed by atoms with Crippen LogP contribution < -0.4 is 5.56 Å². The van der Waals surface area contributed by atoms with Crippen LogP contribution in [0.15, 0.2) is 29.1 Å². The van der Waals surface area contributed by atoms with Crippen molar-refractivity contribution in [3.05, 3.63) is 45.9 Å². The maximum atomic E-state index is 11.7. The Balaban J connectivity index is 2.66. The van der Waals surface area contributed by atoms with Gasteiger partial charge < -0.3 is 4.98 Å². The van der Waals surface area contributed by atoms with Crippen molar-refractivity contribution < 1.29 is 0 Å². The fourth-order valence-electron chi connectivity index (χ4n) is 1.89. The first-order valence-electron chi connectivity index (χ1n) is 5.33. The lowest BCUT2D eigenvalue weighted by atomic mass is 10.1. The van der Waals surface area contributed by atoms with Crippen LogP contribution in [0.1, 0.15) is 24.6 Å². The molecule has 0 amide bonds. The van der Waals surface area contributed by atoms with Gasteiger partial charge in [-0.2, -0.15) is 0 Å².